The van der Waals surface area contributed by atoms with Gasteiger partial charge in [-0.3, -0.25) is 0 Å². The second kappa shape index (κ2) is 6.49. The Hall–Kier alpha value is -1.23. The van der Waals surface area contributed by atoms with Crippen molar-refractivity contribution in [1.82, 2.24) is 10.2 Å². The van der Waals surface area contributed by atoms with Gasteiger partial charge >= 0.3 is 0 Å². The zero-order valence-corrected chi connectivity index (χ0v) is 13.6. The fraction of sp³-hybridized carbons (Fsp3) is 0.375. The molecule has 1 saturated heterocycles. The Labute approximate surface area is 138 Å². The molecule has 3 rings (SSSR count). The summed E-state index contributed by atoms with van der Waals surface area (Å²) >= 11 is 12.5. The molecule has 0 unspecified atom stereocenters. The molecular weight excluding hydrogens is 326 g/mol. The van der Waals surface area contributed by atoms with Crippen LogP contribution < -0.4 is 0 Å². The number of aryl methyl sites for hydroxylation is 1. The van der Waals surface area contributed by atoms with Crippen molar-refractivity contribution < 1.29 is 9.13 Å². The number of aromatic nitrogens is 2. The lowest BCUT2D eigenvalue weighted by Gasteiger charge is -2.26. The summed E-state index contributed by atoms with van der Waals surface area (Å²) in [5, 5.41) is 8.56. The summed E-state index contributed by atoms with van der Waals surface area (Å²) in [4.78, 5) is 0. The molecule has 1 fully saturated rings. The third kappa shape index (κ3) is 2.83. The highest BCUT2D eigenvalue weighted by Gasteiger charge is 2.27. The molecule has 1 aromatic carbocycles. The Morgan fingerprint density at radius 2 is 1.86 bits per heavy atom. The first kappa shape index (κ1) is 15.7. The molecule has 0 radical (unpaired) electrons. The lowest BCUT2D eigenvalue weighted by Crippen LogP contribution is -2.17. The van der Waals surface area contributed by atoms with Gasteiger partial charge in [-0.2, -0.15) is 5.10 Å². The topological polar surface area (TPSA) is 35.0 Å². The van der Waals surface area contributed by atoms with E-state index in [9.17, 15) is 4.39 Å². The maximum atomic E-state index is 14.4. The molecule has 0 spiro atoms. The summed E-state index contributed by atoms with van der Waals surface area (Å²) in [7, 11) is 0. The summed E-state index contributed by atoms with van der Waals surface area (Å²) in [6.45, 7) is 3.22. The Kier molecular flexibility index (Phi) is 4.62. The Morgan fingerprint density at radius 1 is 1.14 bits per heavy atom. The van der Waals surface area contributed by atoms with Crippen LogP contribution in [0.2, 0.25) is 10.2 Å². The molecule has 2 heterocycles. The van der Waals surface area contributed by atoms with Crippen LogP contribution in [0.25, 0.3) is 11.1 Å². The van der Waals surface area contributed by atoms with E-state index < -0.39 is 5.82 Å². The predicted octanol–water partition coefficient (Wildman–Crippen LogP) is 4.79. The number of benzene rings is 1. The molecule has 1 aliphatic heterocycles. The second-order valence-corrected chi connectivity index (χ2v) is 6.11. The fourth-order valence-corrected chi connectivity index (χ4v) is 3.47. The SMILES string of the molecule is Cc1nnc(Cl)c(-c2c(F)cccc2Cl)c1C1CCOCC1. The van der Waals surface area contributed by atoms with Gasteiger partial charge in [0.05, 0.1) is 10.7 Å². The molecule has 6 heteroatoms. The Morgan fingerprint density at radius 3 is 2.55 bits per heavy atom. The van der Waals surface area contributed by atoms with Crippen LogP contribution in [-0.2, 0) is 4.74 Å². The van der Waals surface area contributed by atoms with Gasteiger partial charge in [0, 0.05) is 24.3 Å². The Bertz CT molecular complexity index is 683. The van der Waals surface area contributed by atoms with Gasteiger partial charge in [0.15, 0.2) is 5.15 Å². The van der Waals surface area contributed by atoms with Crippen molar-refractivity contribution in [3.8, 4) is 11.1 Å². The number of ether oxygens (including phenoxy) is 1. The molecule has 0 N–H and O–H groups in total. The summed E-state index contributed by atoms with van der Waals surface area (Å²) < 4.78 is 19.8. The van der Waals surface area contributed by atoms with Gasteiger partial charge in [0.2, 0.25) is 0 Å². The minimum atomic E-state index is -0.407. The first-order chi connectivity index (χ1) is 10.6. The smallest absolute Gasteiger partial charge is 0.159 e. The van der Waals surface area contributed by atoms with Crippen LogP contribution in [0.4, 0.5) is 4.39 Å². The van der Waals surface area contributed by atoms with Crippen molar-refractivity contribution in [2.45, 2.75) is 25.7 Å². The van der Waals surface area contributed by atoms with Gasteiger partial charge < -0.3 is 4.74 Å². The minimum absolute atomic E-state index is 0.180. The minimum Gasteiger partial charge on any atom is -0.381 e. The van der Waals surface area contributed by atoms with Crippen LogP contribution in [0.5, 0.6) is 0 Å². The van der Waals surface area contributed by atoms with Crippen molar-refractivity contribution in [2.24, 2.45) is 0 Å². The third-order valence-corrected chi connectivity index (χ3v) is 4.58. The van der Waals surface area contributed by atoms with Gasteiger partial charge in [0.25, 0.3) is 0 Å². The van der Waals surface area contributed by atoms with Crippen LogP contribution in [0.1, 0.15) is 30.0 Å². The van der Waals surface area contributed by atoms with Crippen LogP contribution in [0, 0.1) is 12.7 Å². The van der Waals surface area contributed by atoms with E-state index in [0.29, 0.717) is 29.4 Å². The molecule has 3 nitrogen and oxygen atoms in total. The first-order valence-corrected chi connectivity index (χ1v) is 7.90. The fourth-order valence-electron chi connectivity index (χ4n) is 2.98. The van der Waals surface area contributed by atoms with Crippen LogP contribution in [0.3, 0.4) is 0 Å². The Balaban J connectivity index is 2.24. The van der Waals surface area contributed by atoms with E-state index in [1.165, 1.54) is 6.07 Å². The molecule has 2 aromatic rings. The van der Waals surface area contributed by atoms with Crippen molar-refractivity contribution in [3.63, 3.8) is 0 Å². The van der Waals surface area contributed by atoms with E-state index in [0.717, 1.165) is 24.1 Å². The van der Waals surface area contributed by atoms with Gasteiger partial charge in [0.1, 0.15) is 5.82 Å². The quantitative estimate of drug-likeness (QED) is 0.788. The summed E-state index contributed by atoms with van der Waals surface area (Å²) in [5.74, 6) is -0.192. The number of nitrogens with zero attached hydrogens (tertiary/aromatic N) is 2. The third-order valence-electron chi connectivity index (χ3n) is 4.00. The van der Waals surface area contributed by atoms with Gasteiger partial charge in [-0.25, -0.2) is 4.39 Å². The zero-order valence-electron chi connectivity index (χ0n) is 12.1. The summed E-state index contributed by atoms with van der Waals surface area (Å²) in [5.41, 5.74) is 2.54. The molecule has 0 aliphatic carbocycles. The monoisotopic (exact) mass is 340 g/mol. The lowest BCUT2D eigenvalue weighted by molar-refractivity contribution is 0.0852. The van der Waals surface area contributed by atoms with Crippen LogP contribution >= 0.6 is 23.2 Å². The van der Waals surface area contributed by atoms with Gasteiger partial charge in [-0.15, -0.1) is 5.10 Å². The van der Waals surface area contributed by atoms with E-state index >= 15 is 0 Å². The molecule has 22 heavy (non-hydrogen) atoms. The molecule has 1 aromatic heterocycles. The average molecular weight is 341 g/mol. The van der Waals surface area contributed by atoms with Crippen molar-refractivity contribution in [1.29, 1.82) is 0 Å². The predicted molar refractivity (Wildman–Crippen MR) is 85.0 cm³/mol. The van der Waals surface area contributed by atoms with Crippen molar-refractivity contribution in [2.75, 3.05) is 13.2 Å². The largest absolute Gasteiger partial charge is 0.381 e. The van der Waals surface area contributed by atoms with E-state index in [1.807, 2.05) is 6.92 Å². The van der Waals surface area contributed by atoms with Gasteiger partial charge in [-0.05, 0) is 43.4 Å². The van der Waals surface area contributed by atoms with E-state index in [2.05, 4.69) is 10.2 Å². The highest BCUT2D eigenvalue weighted by molar-refractivity contribution is 6.36. The maximum Gasteiger partial charge on any atom is 0.159 e. The lowest BCUT2D eigenvalue weighted by atomic mass is 9.85. The standard InChI is InChI=1S/C16H15Cl2FN2O/c1-9-13(10-5-7-22-8-6-10)15(16(18)21-20-9)14-11(17)3-2-4-12(14)19/h2-4,10H,5-8H2,1H3. The number of hydrogen-bond donors (Lipinski definition) is 0. The van der Waals surface area contributed by atoms with Crippen LogP contribution in [-0.4, -0.2) is 23.4 Å². The van der Waals surface area contributed by atoms with Crippen LogP contribution in [0.15, 0.2) is 18.2 Å². The number of rotatable bonds is 2. The normalized spacial score (nSPS) is 16.0. The molecular formula is C16H15Cl2FN2O. The summed E-state index contributed by atoms with van der Waals surface area (Å²) in [6.07, 6.45) is 1.70. The molecule has 116 valence electrons. The molecule has 0 bridgehead atoms. The van der Waals surface area contributed by atoms with Crippen molar-refractivity contribution >= 4 is 23.2 Å². The van der Waals surface area contributed by atoms with E-state index in [-0.39, 0.29) is 11.1 Å². The number of halogens is 3. The molecule has 1 aliphatic rings. The first-order valence-electron chi connectivity index (χ1n) is 7.14. The van der Waals surface area contributed by atoms with Crippen molar-refractivity contribution in [3.05, 3.63) is 45.4 Å². The summed E-state index contributed by atoms with van der Waals surface area (Å²) in [6, 6.07) is 4.60. The van der Waals surface area contributed by atoms with E-state index in [1.54, 1.807) is 12.1 Å². The molecule has 0 atom stereocenters. The number of hydrogen-bond acceptors (Lipinski definition) is 3. The van der Waals surface area contributed by atoms with Gasteiger partial charge in [-0.1, -0.05) is 29.3 Å². The molecule has 0 amide bonds. The zero-order chi connectivity index (χ0) is 15.7. The maximum absolute atomic E-state index is 14.4. The highest BCUT2D eigenvalue weighted by atomic mass is 35.5. The van der Waals surface area contributed by atoms with E-state index in [4.69, 9.17) is 27.9 Å². The average Bonchev–Trinajstić information content (AvgIpc) is 2.51. The highest BCUT2D eigenvalue weighted by Crippen LogP contribution is 2.42. The molecule has 0 saturated carbocycles. The second-order valence-electron chi connectivity index (χ2n) is 5.35.